The van der Waals surface area contributed by atoms with Crippen molar-refractivity contribution in [2.45, 2.75) is 37.6 Å². The smallest absolute Gasteiger partial charge is 0.255 e. The van der Waals surface area contributed by atoms with Crippen LogP contribution in [0.3, 0.4) is 0 Å². The second-order valence-electron chi connectivity index (χ2n) is 5.94. The van der Waals surface area contributed by atoms with Crippen LogP contribution in [0.5, 0.6) is 0 Å². The molecule has 2 aromatic rings. The second-order valence-corrected chi connectivity index (χ2v) is 7.65. The summed E-state index contributed by atoms with van der Waals surface area (Å²) >= 11 is 0. The van der Waals surface area contributed by atoms with E-state index in [2.05, 4.69) is 16.1 Å². The molecule has 0 saturated heterocycles. The van der Waals surface area contributed by atoms with Gasteiger partial charge in [-0.1, -0.05) is 19.1 Å². The fourth-order valence-electron chi connectivity index (χ4n) is 2.20. The van der Waals surface area contributed by atoms with E-state index in [0.717, 1.165) is 5.56 Å². The van der Waals surface area contributed by atoms with E-state index in [1.165, 1.54) is 24.3 Å². The van der Waals surface area contributed by atoms with Crippen LogP contribution in [0.25, 0.3) is 0 Å². The molecular formula is C19H21N3O3S. The molecule has 0 aliphatic rings. The first kappa shape index (κ1) is 19.6. The lowest BCUT2D eigenvalue weighted by Crippen LogP contribution is -2.32. The predicted molar refractivity (Wildman–Crippen MR) is 100 cm³/mol. The molecule has 2 rings (SSSR count). The van der Waals surface area contributed by atoms with Crippen molar-refractivity contribution in [2.24, 2.45) is 0 Å². The van der Waals surface area contributed by atoms with Gasteiger partial charge in [0.2, 0.25) is 10.0 Å². The molecule has 2 aromatic carbocycles. The molecule has 0 radical (unpaired) electrons. The first-order chi connectivity index (χ1) is 12.4. The molecule has 0 unspecified atom stereocenters. The molecule has 136 valence electrons. The minimum Gasteiger partial charge on any atom is -0.322 e. The van der Waals surface area contributed by atoms with Crippen LogP contribution < -0.4 is 10.0 Å². The third-order valence-corrected chi connectivity index (χ3v) is 5.50. The number of nitrogens with one attached hydrogen (secondary N) is 2. The summed E-state index contributed by atoms with van der Waals surface area (Å²) in [6, 6.07) is 14.7. The van der Waals surface area contributed by atoms with Crippen molar-refractivity contribution in [1.29, 1.82) is 5.26 Å². The van der Waals surface area contributed by atoms with Crippen LogP contribution in [-0.2, 0) is 16.4 Å². The molecule has 1 amide bonds. The van der Waals surface area contributed by atoms with Gasteiger partial charge in [0.1, 0.15) is 0 Å². The maximum Gasteiger partial charge on any atom is 0.255 e. The van der Waals surface area contributed by atoms with Gasteiger partial charge in [-0.05, 0) is 55.3 Å². The zero-order valence-corrected chi connectivity index (χ0v) is 15.5. The van der Waals surface area contributed by atoms with Crippen LogP contribution in [0.15, 0.2) is 53.4 Å². The maximum absolute atomic E-state index is 12.3. The van der Waals surface area contributed by atoms with Crippen LogP contribution in [-0.4, -0.2) is 20.4 Å². The highest BCUT2D eigenvalue weighted by molar-refractivity contribution is 7.89. The standard InChI is InChI=1S/C19H21N3O3S/c1-3-14(2)22-26(24,25)18-10-6-16(7-11-18)19(23)21-17-8-4-15(5-9-17)12-13-20/h4-11,14,22H,3,12H2,1-2H3,(H,21,23)/t14-/m0/s1. The molecule has 0 aliphatic heterocycles. The van der Waals surface area contributed by atoms with E-state index in [1.807, 2.05) is 6.92 Å². The number of benzene rings is 2. The highest BCUT2D eigenvalue weighted by Crippen LogP contribution is 2.15. The molecule has 7 heteroatoms. The van der Waals surface area contributed by atoms with Gasteiger partial charge in [0.15, 0.2) is 0 Å². The summed E-state index contributed by atoms with van der Waals surface area (Å²) in [6.45, 7) is 3.69. The van der Waals surface area contributed by atoms with Crippen molar-refractivity contribution in [3.63, 3.8) is 0 Å². The second kappa shape index (κ2) is 8.61. The number of sulfonamides is 1. The Morgan fingerprint density at radius 3 is 2.27 bits per heavy atom. The molecule has 0 spiro atoms. The van der Waals surface area contributed by atoms with E-state index in [1.54, 1.807) is 31.2 Å². The summed E-state index contributed by atoms with van der Waals surface area (Å²) in [5.41, 5.74) is 1.83. The maximum atomic E-state index is 12.3. The Labute approximate surface area is 153 Å². The molecule has 0 fully saturated rings. The number of carbonyl (C=O) groups is 1. The van der Waals surface area contributed by atoms with Gasteiger partial charge >= 0.3 is 0 Å². The number of rotatable bonds is 7. The molecule has 0 heterocycles. The fraction of sp³-hybridized carbons (Fsp3) is 0.263. The third kappa shape index (κ3) is 5.15. The predicted octanol–water partition coefficient (Wildman–Crippen LogP) is 3.08. The Morgan fingerprint density at radius 1 is 1.12 bits per heavy atom. The lowest BCUT2D eigenvalue weighted by Gasteiger charge is -2.12. The van der Waals surface area contributed by atoms with Crippen molar-refractivity contribution < 1.29 is 13.2 Å². The van der Waals surface area contributed by atoms with E-state index in [4.69, 9.17) is 5.26 Å². The Bertz CT molecular complexity index is 899. The Balaban J connectivity index is 2.07. The van der Waals surface area contributed by atoms with Gasteiger partial charge in [-0.25, -0.2) is 13.1 Å². The molecule has 0 aliphatic carbocycles. The van der Waals surface area contributed by atoms with E-state index in [0.29, 0.717) is 24.1 Å². The van der Waals surface area contributed by atoms with Crippen LogP contribution in [0, 0.1) is 11.3 Å². The molecule has 0 bridgehead atoms. The molecule has 2 N–H and O–H groups in total. The van der Waals surface area contributed by atoms with Gasteiger partial charge in [0.25, 0.3) is 5.91 Å². The Morgan fingerprint density at radius 2 is 1.73 bits per heavy atom. The summed E-state index contributed by atoms with van der Waals surface area (Å²) in [7, 11) is -3.59. The number of carbonyl (C=O) groups excluding carboxylic acids is 1. The minimum absolute atomic E-state index is 0.121. The highest BCUT2D eigenvalue weighted by Gasteiger charge is 2.17. The molecule has 0 saturated carbocycles. The average molecular weight is 371 g/mol. The first-order valence-corrected chi connectivity index (χ1v) is 9.73. The van der Waals surface area contributed by atoms with Gasteiger partial charge in [0.05, 0.1) is 17.4 Å². The number of amides is 1. The van der Waals surface area contributed by atoms with Gasteiger partial charge in [0, 0.05) is 17.3 Å². The summed E-state index contributed by atoms with van der Waals surface area (Å²) in [4.78, 5) is 12.4. The molecular weight excluding hydrogens is 350 g/mol. The van der Waals surface area contributed by atoms with Crippen LogP contribution in [0.2, 0.25) is 0 Å². The zero-order chi connectivity index (χ0) is 19.2. The van der Waals surface area contributed by atoms with Crippen molar-refractivity contribution >= 4 is 21.6 Å². The SMILES string of the molecule is CC[C@H](C)NS(=O)(=O)c1ccc(C(=O)Nc2ccc(CC#N)cc2)cc1. The highest BCUT2D eigenvalue weighted by atomic mass is 32.2. The van der Waals surface area contributed by atoms with E-state index >= 15 is 0 Å². The van der Waals surface area contributed by atoms with Gasteiger partial charge < -0.3 is 5.32 Å². The number of nitrogens with zero attached hydrogens (tertiary/aromatic N) is 1. The van der Waals surface area contributed by atoms with Crippen molar-refractivity contribution in [3.05, 3.63) is 59.7 Å². The topological polar surface area (TPSA) is 99.1 Å². The molecule has 0 aromatic heterocycles. The van der Waals surface area contributed by atoms with Crippen molar-refractivity contribution in [1.82, 2.24) is 4.72 Å². The number of hydrogen-bond donors (Lipinski definition) is 2. The Kier molecular flexibility index (Phi) is 6.50. The summed E-state index contributed by atoms with van der Waals surface area (Å²) in [5.74, 6) is -0.336. The van der Waals surface area contributed by atoms with Crippen LogP contribution in [0.4, 0.5) is 5.69 Å². The first-order valence-electron chi connectivity index (χ1n) is 8.25. The van der Waals surface area contributed by atoms with Crippen molar-refractivity contribution in [2.75, 3.05) is 5.32 Å². The lowest BCUT2D eigenvalue weighted by molar-refractivity contribution is 0.102. The molecule has 26 heavy (non-hydrogen) atoms. The number of anilines is 1. The van der Waals surface area contributed by atoms with Crippen molar-refractivity contribution in [3.8, 4) is 6.07 Å². The summed E-state index contributed by atoms with van der Waals surface area (Å²) in [5, 5.41) is 11.4. The monoisotopic (exact) mass is 371 g/mol. The summed E-state index contributed by atoms with van der Waals surface area (Å²) in [6.07, 6.45) is 1.00. The van der Waals surface area contributed by atoms with E-state index < -0.39 is 10.0 Å². The van der Waals surface area contributed by atoms with E-state index in [9.17, 15) is 13.2 Å². The Hall–Kier alpha value is -2.69. The van der Waals surface area contributed by atoms with Gasteiger partial charge in [-0.15, -0.1) is 0 Å². The van der Waals surface area contributed by atoms with Gasteiger partial charge in [-0.3, -0.25) is 4.79 Å². The summed E-state index contributed by atoms with van der Waals surface area (Å²) < 4.78 is 27.0. The minimum atomic E-state index is -3.59. The quantitative estimate of drug-likeness (QED) is 0.781. The normalized spacial score (nSPS) is 12.2. The van der Waals surface area contributed by atoms with Gasteiger partial charge in [-0.2, -0.15) is 5.26 Å². The fourth-order valence-corrected chi connectivity index (χ4v) is 3.53. The zero-order valence-electron chi connectivity index (χ0n) is 14.7. The average Bonchev–Trinajstić information content (AvgIpc) is 2.63. The largest absolute Gasteiger partial charge is 0.322 e. The lowest BCUT2D eigenvalue weighted by atomic mass is 10.1. The number of nitriles is 1. The number of hydrogen-bond acceptors (Lipinski definition) is 4. The molecule has 1 atom stereocenters. The third-order valence-electron chi connectivity index (χ3n) is 3.89. The molecule has 6 nitrogen and oxygen atoms in total. The van der Waals surface area contributed by atoms with E-state index in [-0.39, 0.29) is 16.8 Å². The van der Waals surface area contributed by atoms with Crippen LogP contribution >= 0.6 is 0 Å². The van der Waals surface area contributed by atoms with Crippen LogP contribution in [0.1, 0.15) is 36.2 Å².